The Bertz CT molecular complexity index is 394. The third-order valence-electron chi connectivity index (χ3n) is 3.39. The molecule has 1 heterocycles. The van der Waals surface area contributed by atoms with Crippen LogP contribution >= 0.6 is 8.15 Å². The summed E-state index contributed by atoms with van der Waals surface area (Å²) in [6, 6.07) is 10.8. The zero-order valence-corrected chi connectivity index (χ0v) is 15.3. The number of hydrogen-bond acceptors (Lipinski definition) is 1. The van der Waals surface area contributed by atoms with Gasteiger partial charge >= 0.3 is 0 Å². The first kappa shape index (κ1) is 14.5. The molecule has 0 bridgehead atoms. The fourth-order valence-corrected chi connectivity index (χ4v) is 22.2. The van der Waals surface area contributed by atoms with Gasteiger partial charge in [0.2, 0.25) is 0 Å². The van der Waals surface area contributed by atoms with Crippen LogP contribution in [0.5, 0.6) is 0 Å². The van der Waals surface area contributed by atoms with Crippen molar-refractivity contribution in [2.75, 3.05) is 0 Å². The van der Waals surface area contributed by atoms with Gasteiger partial charge in [0.15, 0.2) is 0 Å². The molecule has 0 radical (unpaired) electrons. The van der Waals surface area contributed by atoms with Gasteiger partial charge in [0.25, 0.3) is 0 Å². The van der Waals surface area contributed by atoms with Gasteiger partial charge in [0, 0.05) is 0 Å². The van der Waals surface area contributed by atoms with Crippen molar-refractivity contribution in [3.63, 3.8) is 0 Å². The van der Waals surface area contributed by atoms with Crippen molar-refractivity contribution >= 4 is 24.3 Å². The highest BCUT2D eigenvalue weighted by molar-refractivity contribution is 7.66. The molecule has 1 aliphatic rings. The maximum Gasteiger partial charge on any atom is 0.130 e. The molecule has 2 atom stereocenters. The number of rotatable bonds is 4. The molecule has 18 heavy (non-hydrogen) atoms. The minimum Gasteiger partial charge on any atom is -0.342 e. The molecule has 0 N–H and O–H groups in total. The Kier molecular flexibility index (Phi) is 3.90. The van der Waals surface area contributed by atoms with Crippen molar-refractivity contribution in [2.24, 2.45) is 0 Å². The fourth-order valence-electron chi connectivity index (χ4n) is 3.17. The summed E-state index contributed by atoms with van der Waals surface area (Å²) in [5, 5.41) is 0. The molecule has 1 aromatic rings. The van der Waals surface area contributed by atoms with Crippen molar-refractivity contribution < 1.29 is 4.52 Å². The van der Waals surface area contributed by atoms with Crippen molar-refractivity contribution in [1.82, 2.24) is 0 Å². The minimum absolute atomic E-state index is 0.206. The topological polar surface area (TPSA) is 12.5 Å². The molecular formula is C14H25OPSi2. The summed E-state index contributed by atoms with van der Waals surface area (Å²) < 4.78 is 6.15. The first-order valence-corrected chi connectivity index (χ1v) is 15.3. The van der Waals surface area contributed by atoms with E-state index in [9.17, 15) is 0 Å². The van der Waals surface area contributed by atoms with Crippen LogP contribution in [0.3, 0.4) is 0 Å². The molecular weight excluding hydrogens is 271 g/mol. The van der Waals surface area contributed by atoms with E-state index >= 15 is 0 Å². The Morgan fingerprint density at radius 1 is 0.944 bits per heavy atom. The maximum atomic E-state index is 6.15. The third-order valence-corrected chi connectivity index (χ3v) is 19.7. The van der Waals surface area contributed by atoms with Crippen molar-refractivity contribution in [2.45, 2.75) is 50.0 Å². The van der Waals surface area contributed by atoms with Crippen LogP contribution in [0.25, 0.3) is 0 Å². The highest BCUT2D eigenvalue weighted by Crippen LogP contribution is 2.76. The van der Waals surface area contributed by atoms with Crippen LogP contribution in [0, 0.1) is 0 Å². The summed E-state index contributed by atoms with van der Waals surface area (Å²) in [7, 11) is -2.47. The monoisotopic (exact) mass is 296 g/mol. The second kappa shape index (κ2) is 4.86. The predicted octanol–water partition coefficient (Wildman–Crippen LogP) is 5.24. The van der Waals surface area contributed by atoms with Gasteiger partial charge < -0.3 is 4.52 Å². The lowest BCUT2D eigenvalue weighted by Crippen LogP contribution is -2.51. The van der Waals surface area contributed by atoms with Crippen LogP contribution in [0.15, 0.2) is 30.3 Å². The highest BCUT2D eigenvalue weighted by atomic mass is 31.2. The standard InChI is InChI=1S/C14H25OPSi2/c1-17(2,3)14(18(4,5)6)16-13(15-16)12-10-8-7-9-11-12/h7-11,13-14H,1-6H3. The second-order valence-corrected chi connectivity index (χ2v) is 21.4. The summed E-state index contributed by atoms with van der Waals surface area (Å²) in [5.74, 6) is 0.435. The van der Waals surface area contributed by atoms with Crippen molar-refractivity contribution in [3.05, 3.63) is 35.9 Å². The second-order valence-electron chi connectivity index (χ2n) is 7.36. The van der Waals surface area contributed by atoms with Crippen molar-refractivity contribution in [3.8, 4) is 0 Å². The van der Waals surface area contributed by atoms with Gasteiger partial charge in [-0.25, -0.2) is 0 Å². The Hall–Kier alpha value is 0.0438. The Balaban J connectivity index is 2.18. The van der Waals surface area contributed by atoms with E-state index in [1.807, 2.05) is 0 Å². The molecule has 1 nitrogen and oxygen atoms in total. The molecule has 1 aromatic carbocycles. The number of benzene rings is 1. The summed E-state index contributed by atoms with van der Waals surface area (Å²) in [5.41, 5.74) is 1.39. The molecule has 2 unspecified atom stereocenters. The largest absolute Gasteiger partial charge is 0.342 e. The average molecular weight is 296 g/mol. The predicted molar refractivity (Wildman–Crippen MR) is 87.7 cm³/mol. The van der Waals surface area contributed by atoms with Crippen LogP contribution < -0.4 is 0 Å². The van der Waals surface area contributed by atoms with E-state index in [0.29, 0.717) is 5.85 Å². The molecule has 0 spiro atoms. The number of hydrogen-bond donors (Lipinski definition) is 0. The van der Waals surface area contributed by atoms with E-state index in [-0.39, 0.29) is 8.15 Å². The molecule has 4 heteroatoms. The molecule has 1 saturated heterocycles. The van der Waals surface area contributed by atoms with Gasteiger partial charge in [-0.1, -0.05) is 69.6 Å². The molecule has 0 aliphatic carbocycles. The van der Waals surface area contributed by atoms with Gasteiger partial charge in [-0.2, -0.15) is 0 Å². The normalized spacial score (nSPS) is 24.4. The quantitative estimate of drug-likeness (QED) is 0.421. The van der Waals surface area contributed by atoms with Crippen molar-refractivity contribution in [1.29, 1.82) is 0 Å². The lowest BCUT2D eigenvalue weighted by atomic mass is 10.2. The molecule has 0 amide bonds. The zero-order valence-electron chi connectivity index (χ0n) is 12.4. The summed E-state index contributed by atoms with van der Waals surface area (Å²) in [4.78, 5) is 0.908. The zero-order chi connectivity index (χ0) is 13.6. The molecule has 100 valence electrons. The van der Waals surface area contributed by atoms with E-state index in [2.05, 4.69) is 69.6 Å². The summed E-state index contributed by atoms with van der Waals surface area (Å²) in [6.45, 7) is 15.1. The van der Waals surface area contributed by atoms with Gasteiger partial charge in [-0.3, -0.25) is 0 Å². The summed E-state index contributed by atoms with van der Waals surface area (Å²) in [6.07, 6.45) is 0. The highest BCUT2D eigenvalue weighted by Gasteiger charge is 2.55. The molecule has 2 rings (SSSR count). The van der Waals surface area contributed by atoms with E-state index < -0.39 is 16.1 Å². The lowest BCUT2D eigenvalue weighted by Gasteiger charge is -2.37. The first-order chi connectivity index (χ1) is 8.21. The van der Waals surface area contributed by atoms with Crippen LogP contribution in [0.2, 0.25) is 39.3 Å². The molecule has 0 aromatic heterocycles. The lowest BCUT2D eigenvalue weighted by molar-refractivity contribution is 0.470. The smallest absolute Gasteiger partial charge is 0.130 e. The molecule has 1 fully saturated rings. The Morgan fingerprint density at radius 3 is 1.89 bits per heavy atom. The SMILES string of the molecule is C[Si](C)(C)C(P1OC1c1ccccc1)[Si](C)(C)C. The van der Waals surface area contributed by atoms with E-state index in [4.69, 9.17) is 4.52 Å². The minimum atomic E-state index is -1.13. The van der Waals surface area contributed by atoms with Gasteiger partial charge in [0.05, 0.1) is 24.3 Å². The van der Waals surface area contributed by atoms with Gasteiger partial charge in [0.1, 0.15) is 5.85 Å². The Morgan fingerprint density at radius 2 is 1.44 bits per heavy atom. The third kappa shape index (κ3) is 3.13. The first-order valence-electron chi connectivity index (χ1n) is 6.71. The van der Waals surface area contributed by atoms with Crippen LogP contribution in [0.1, 0.15) is 11.4 Å². The maximum absolute atomic E-state index is 6.15. The van der Waals surface area contributed by atoms with Crippen LogP contribution in [-0.2, 0) is 4.52 Å². The van der Waals surface area contributed by atoms with Crippen LogP contribution in [-0.4, -0.2) is 21.1 Å². The molecule has 0 saturated carbocycles. The van der Waals surface area contributed by atoms with Crippen LogP contribution in [0.4, 0.5) is 0 Å². The fraction of sp³-hybridized carbons (Fsp3) is 0.571. The summed E-state index contributed by atoms with van der Waals surface area (Å²) >= 11 is 0. The van der Waals surface area contributed by atoms with Gasteiger partial charge in [-0.15, -0.1) is 0 Å². The molecule has 1 aliphatic heterocycles. The van der Waals surface area contributed by atoms with E-state index in [1.165, 1.54) is 5.56 Å². The Labute approximate surface area is 115 Å². The van der Waals surface area contributed by atoms with E-state index in [0.717, 1.165) is 4.91 Å². The average Bonchev–Trinajstić information content (AvgIpc) is 2.94. The van der Waals surface area contributed by atoms with Gasteiger partial charge in [-0.05, 0) is 10.5 Å². The van der Waals surface area contributed by atoms with E-state index in [1.54, 1.807) is 0 Å².